The molecule has 2 aliphatic rings. The highest BCUT2D eigenvalue weighted by atomic mass is 16.5. The van der Waals surface area contributed by atoms with Crippen molar-refractivity contribution in [2.75, 3.05) is 31.6 Å². The van der Waals surface area contributed by atoms with Crippen LogP contribution in [0.5, 0.6) is 5.75 Å². The standard InChI is InChI=1S/C26H35N3O2/c1-4-31-25-13-11-24(12-14-25)29-17-15-22(16-18-29)21-7-5-20(6-8-21)19(2)27-26(30)28(3)23-9-10-23/h5-8,11-14,19,22-23H,4,9-10,15-18H2,1-3H3,(H,27,30)/t19-/m0/s1. The Balaban J connectivity index is 1.29. The van der Waals surface area contributed by atoms with E-state index in [-0.39, 0.29) is 12.1 Å². The number of hydrogen-bond donors (Lipinski definition) is 1. The van der Waals surface area contributed by atoms with E-state index in [9.17, 15) is 4.79 Å². The lowest BCUT2D eigenvalue weighted by molar-refractivity contribution is 0.203. The molecule has 5 nitrogen and oxygen atoms in total. The Hall–Kier alpha value is -2.69. The first-order chi connectivity index (χ1) is 15.0. The Bertz CT molecular complexity index is 853. The molecule has 0 unspecified atom stereocenters. The summed E-state index contributed by atoms with van der Waals surface area (Å²) >= 11 is 0. The number of benzene rings is 2. The van der Waals surface area contributed by atoms with E-state index in [0.29, 0.717) is 18.6 Å². The summed E-state index contributed by atoms with van der Waals surface area (Å²) < 4.78 is 5.55. The van der Waals surface area contributed by atoms with Crippen LogP contribution in [0.25, 0.3) is 0 Å². The maximum atomic E-state index is 12.3. The van der Waals surface area contributed by atoms with Gasteiger partial charge in [-0.1, -0.05) is 24.3 Å². The van der Waals surface area contributed by atoms with Crippen molar-refractivity contribution in [1.82, 2.24) is 10.2 Å². The van der Waals surface area contributed by atoms with Crippen LogP contribution in [0.2, 0.25) is 0 Å². The van der Waals surface area contributed by atoms with E-state index in [1.165, 1.54) is 11.3 Å². The second-order valence-electron chi connectivity index (χ2n) is 8.87. The number of piperidine rings is 1. The molecule has 1 saturated heterocycles. The third-order valence-electron chi connectivity index (χ3n) is 6.67. The van der Waals surface area contributed by atoms with Gasteiger partial charge in [0.2, 0.25) is 0 Å². The number of hydrogen-bond acceptors (Lipinski definition) is 3. The van der Waals surface area contributed by atoms with E-state index in [0.717, 1.165) is 50.1 Å². The van der Waals surface area contributed by atoms with Gasteiger partial charge in [0, 0.05) is 31.9 Å². The molecular formula is C26H35N3O2. The number of rotatable bonds is 7. The Kier molecular flexibility index (Phi) is 6.69. The van der Waals surface area contributed by atoms with E-state index < -0.39 is 0 Å². The smallest absolute Gasteiger partial charge is 0.317 e. The minimum Gasteiger partial charge on any atom is -0.494 e. The molecule has 2 aromatic rings. The molecule has 0 radical (unpaired) electrons. The SMILES string of the molecule is CCOc1ccc(N2CCC(c3ccc([C@H](C)NC(=O)N(C)C4CC4)cc3)CC2)cc1. The average Bonchev–Trinajstić information content (AvgIpc) is 3.65. The van der Waals surface area contributed by atoms with Crippen LogP contribution in [0, 0.1) is 0 Å². The number of carbonyl (C=O) groups excluding carboxylic acids is 1. The number of anilines is 1. The average molecular weight is 422 g/mol. The molecule has 166 valence electrons. The number of nitrogens with one attached hydrogen (secondary N) is 1. The zero-order valence-electron chi connectivity index (χ0n) is 19.0. The molecule has 1 aliphatic carbocycles. The molecule has 1 atom stereocenters. The molecule has 1 aliphatic heterocycles. The lowest BCUT2D eigenvalue weighted by Crippen LogP contribution is -2.39. The van der Waals surface area contributed by atoms with E-state index in [4.69, 9.17) is 4.74 Å². The van der Waals surface area contributed by atoms with Gasteiger partial charge in [0.1, 0.15) is 5.75 Å². The van der Waals surface area contributed by atoms with Gasteiger partial charge in [-0.25, -0.2) is 4.79 Å². The van der Waals surface area contributed by atoms with Crippen molar-refractivity contribution in [2.45, 2.75) is 57.5 Å². The lowest BCUT2D eigenvalue weighted by Gasteiger charge is -2.34. The number of urea groups is 1. The number of nitrogens with zero attached hydrogens (tertiary/aromatic N) is 2. The fraction of sp³-hybridized carbons (Fsp3) is 0.500. The summed E-state index contributed by atoms with van der Waals surface area (Å²) in [5.74, 6) is 1.53. The minimum absolute atomic E-state index is 0.0178. The van der Waals surface area contributed by atoms with E-state index in [1.807, 2.05) is 18.9 Å². The predicted octanol–water partition coefficient (Wildman–Crippen LogP) is 5.33. The van der Waals surface area contributed by atoms with Crippen LogP contribution in [0.15, 0.2) is 48.5 Å². The fourth-order valence-electron chi connectivity index (χ4n) is 4.45. The van der Waals surface area contributed by atoms with Gasteiger partial charge in [0.15, 0.2) is 0 Å². The van der Waals surface area contributed by atoms with E-state index in [2.05, 4.69) is 65.7 Å². The van der Waals surface area contributed by atoms with Gasteiger partial charge >= 0.3 is 6.03 Å². The number of carbonyl (C=O) groups is 1. The van der Waals surface area contributed by atoms with Crippen molar-refractivity contribution in [3.05, 3.63) is 59.7 Å². The molecule has 2 amide bonds. The van der Waals surface area contributed by atoms with Crippen molar-refractivity contribution < 1.29 is 9.53 Å². The van der Waals surface area contributed by atoms with Gasteiger partial charge in [-0.3, -0.25) is 0 Å². The summed E-state index contributed by atoms with van der Waals surface area (Å²) in [6, 6.07) is 17.8. The van der Waals surface area contributed by atoms with E-state index >= 15 is 0 Å². The first-order valence-electron chi connectivity index (χ1n) is 11.7. The zero-order chi connectivity index (χ0) is 21.8. The monoisotopic (exact) mass is 421 g/mol. The van der Waals surface area contributed by atoms with Gasteiger partial charge in [-0.2, -0.15) is 0 Å². The van der Waals surface area contributed by atoms with Gasteiger partial charge in [-0.15, -0.1) is 0 Å². The Morgan fingerprint density at radius 2 is 1.71 bits per heavy atom. The van der Waals surface area contributed by atoms with Crippen molar-refractivity contribution in [3.8, 4) is 5.75 Å². The maximum Gasteiger partial charge on any atom is 0.317 e. The van der Waals surface area contributed by atoms with Crippen molar-refractivity contribution in [2.24, 2.45) is 0 Å². The van der Waals surface area contributed by atoms with Gasteiger partial charge in [0.25, 0.3) is 0 Å². The molecule has 0 spiro atoms. The Morgan fingerprint density at radius 1 is 1.06 bits per heavy atom. The third kappa shape index (κ3) is 5.33. The van der Waals surface area contributed by atoms with Gasteiger partial charge < -0.3 is 19.9 Å². The molecule has 1 saturated carbocycles. The summed E-state index contributed by atoms with van der Waals surface area (Å²) in [7, 11) is 1.89. The highest BCUT2D eigenvalue weighted by Crippen LogP contribution is 2.32. The summed E-state index contributed by atoms with van der Waals surface area (Å²) in [6.07, 6.45) is 4.57. The number of ether oxygens (including phenoxy) is 1. The van der Waals surface area contributed by atoms with Crippen molar-refractivity contribution >= 4 is 11.7 Å². The molecule has 2 aromatic carbocycles. The molecular weight excluding hydrogens is 386 g/mol. The van der Waals surface area contributed by atoms with Crippen molar-refractivity contribution in [1.29, 1.82) is 0 Å². The molecule has 1 N–H and O–H groups in total. The molecule has 1 heterocycles. The van der Waals surface area contributed by atoms with Crippen LogP contribution >= 0.6 is 0 Å². The third-order valence-corrected chi connectivity index (χ3v) is 6.67. The highest BCUT2D eigenvalue weighted by Gasteiger charge is 2.30. The molecule has 0 aromatic heterocycles. The maximum absolute atomic E-state index is 12.3. The van der Waals surface area contributed by atoms with Gasteiger partial charge in [0.05, 0.1) is 12.6 Å². The second-order valence-corrected chi connectivity index (χ2v) is 8.87. The van der Waals surface area contributed by atoms with Crippen LogP contribution in [0.3, 0.4) is 0 Å². The molecule has 31 heavy (non-hydrogen) atoms. The quantitative estimate of drug-likeness (QED) is 0.657. The topological polar surface area (TPSA) is 44.8 Å². The predicted molar refractivity (Wildman–Crippen MR) is 126 cm³/mol. The fourth-order valence-corrected chi connectivity index (χ4v) is 4.45. The first-order valence-corrected chi connectivity index (χ1v) is 11.7. The van der Waals surface area contributed by atoms with Crippen molar-refractivity contribution in [3.63, 3.8) is 0 Å². The lowest BCUT2D eigenvalue weighted by atomic mass is 9.88. The molecule has 5 heteroatoms. The summed E-state index contributed by atoms with van der Waals surface area (Å²) in [4.78, 5) is 16.6. The minimum atomic E-state index is 0.0178. The van der Waals surface area contributed by atoms with Crippen LogP contribution in [-0.2, 0) is 0 Å². The highest BCUT2D eigenvalue weighted by molar-refractivity contribution is 5.75. The van der Waals surface area contributed by atoms with Crippen LogP contribution in [-0.4, -0.2) is 43.7 Å². The largest absolute Gasteiger partial charge is 0.494 e. The zero-order valence-corrected chi connectivity index (χ0v) is 19.0. The first kappa shape index (κ1) is 21.5. The molecule has 2 fully saturated rings. The Labute approximate surface area is 186 Å². The van der Waals surface area contributed by atoms with Gasteiger partial charge in [-0.05, 0) is 80.8 Å². The van der Waals surface area contributed by atoms with Crippen LogP contribution < -0.4 is 15.0 Å². The summed E-state index contributed by atoms with van der Waals surface area (Å²) in [5.41, 5.74) is 3.84. The Morgan fingerprint density at radius 3 is 2.29 bits per heavy atom. The molecule has 4 rings (SSSR count). The summed E-state index contributed by atoms with van der Waals surface area (Å²) in [6.45, 7) is 6.91. The molecule has 0 bridgehead atoms. The van der Waals surface area contributed by atoms with Crippen LogP contribution in [0.1, 0.15) is 62.6 Å². The summed E-state index contributed by atoms with van der Waals surface area (Å²) in [5, 5.41) is 3.12. The number of amides is 2. The second kappa shape index (κ2) is 9.63. The normalized spacial score (nSPS) is 17.8. The van der Waals surface area contributed by atoms with E-state index in [1.54, 1.807) is 0 Å². The van der Waals surface area contributed by atoms with Crippen LogP contribution in [0.4, 0.5) is 10.5 Å².